The van der Waals surface area contributed by atoms with Crippen LogP contribution in [0.2, 0.25) is 5.02 Å². The van der Waals surface area contributed by atoms with Gasteiger partial charge in [0.2, 0.25) is 0 Å². The van der Waals surface area contributed by atoms with Crippen LogP contribution in [0.1, 0.15) is 18.9 Å². The van der Waals surface area contributed by atoms with E-state index in [1.54, 1.807) is 25.1 Å². The van der Waals surface area contributed by atoms with Gasteiger partial charge in [0.05, 0.1) is 17.0 Å². The fraction of sp³-hybridized carbons (Fsp3) is 0.500. The van der Waals surface area contributed by atoms with Gasteiger partial charge in [0.15, 0.2) is 15.9 Å². The Morgan fingerprint density at radius 3 is 2.90 bits per heavy atom. The molecule has 1 saturated heterocycles. The number of fused-ring (bicyclic) bond motifs is 1. The first kappa shape index (κ1) is 14.7. The molecule has 2 heterocycles. The number of nitrogens with one attached hydrogen (secondary N) is 1. The minimum Gasteiger partial charge on any atom is -0.480 e. The smallest absolute Gasteiger partial charge is 0.261 e. The third-order valence-electron chi connectivity index (χ3n) is 3.92. The van der Waals surface area contributed by atoms with Crippen molar-refractivity contribution in [2.24, 2.45) is 0 Å². The van der Waals surface area contributed by atoms with Crippen LogP contribution in [0.4, 0.5) is 0 Å². The molecule has 5 nitrogen and oxygen atoms in total. The highest BCUT2D eigenvalue weighted by atomic mass is 35.5. The summed E-state index contributed by atoms with van der Waals surface area (Å²) in [6, 6.07) is 5.24. The first-order valence-electron chi connectivity index (χ1n) is 6.74. The van der Waals surface area contributed by atoms with E-state index in [1.165, 1.54) is 0 Å². The van der Waals surface area contributed by atoms with Crippen molar-refractivity contribution >= 4 is 27.3 Å². The van der Waals surface area contributed by atoms with Crippen LogP contribution in [0.3, 0.4) is 0 Å². The molecule has 0 spiro atoms. The van der Waals surface area contributed by atoms with E-state index in [2.05, 4.69) is 5.32 Å². The van der Waals surface area contributed by atoms with Crippen LogP contribution < -0.4 is 10.1 Å². The predicted molar refractivity (Wildman–Crippen MR) is 79.4 cm³/mol. The molecule has 0 unspecified atom stereocenters. The second-order valence-electron chi connectivity index (χ2n) is 5.95. The molecule has 1 N–H and O–H groups in total. The molecule has 0 aromatic heterocycles. The van der Waals surface area contributed by atoms with Crippen LogP contribution in [-0.2, 0) is 21.1 Å². The zero-order valence-corrected chi connectivity index (χ0v) is 13.1. The van der Waals surface area contributed by atoms with Crippen LogP contribution in [0.5, 0.6) is 5.75 Å². The van der Waals surface area contributed by atoms with Gasteiger partial charge in [0.1, 0.15) is 5.75 Å². The molecule has 3 rings (SSSR count). The largest absolute Gasteiger partial charge is 0.480 e. The van der Waals surface area contributed by atoms with Crippen molar-refractivity contribution in [3.05, 3.63) is 28.8 Å². The van der Waals surface area contributed by atoms with Gasteiger partial charge in [-0.3, -0.25) is 4.79 Å². The van der Waals surface area contributed by atoms with Crippen molar-refractivity contribution in [2.45, 2.75) is 31.4 Å². The number of sulfone groups is 1. The molecule has 21 heavy (non-hydrogen) atoms. The van der Waals surface area contributed by atoms with Gasteiger partial charge in [-0.15, -0.1) is 0 Å². The zero-order valence-electron chi connectivity index (χ0n) is 11.6. The molecule has 1 fully saturated rings. The van der Waals surface area contributed by atoms with E-state index in [0.29, 0.717) is 23.6 Å². The molecular weight excluding hydrogens is 314 g/mol. The van der Waals surface area contributed by atoms with Gasteiger partial charge in [-0.25, -0.2) is 8.42 Å². The summed E-state index contributed by atoms with van der Waals surface area (Å²) in [5.41, 5.74) is 0.193. The van der Waals surface area contributed by atoms with Gasteiger partial charge in [-0.2, -0.15) is 0 Å². The SMILES string of the molecule is C[C@@]1(NC(=O)[C@H]2Cc3cc(Cl)ccc3O2)CCS(=O)(=O)C1. The Morgan fingerprint density at radius 1 is 1.48 bits per heavy atom. The summed E-state index contributed by atoms with van der Waals surface area (Å²) in [7, 11) is -3.06. The van der Waals surface area contributed by atoms with Crippen molar-refractivity contribution in [1.82, 2.24) is 5.32 Å². The lowest BCUT2D eigenvalue weighted by Gasteiger charge is -2.25. The molecule has 0 saturated carbocycles. The topological polar surface area (TPSA) is 72.5 Å². The number of hydrogen-bond acceptors (Lipinski definition) is 4. The molecule has 7 heteroatoms. The van der Waals surface area contributed by atoms with E-state index in [9.17, 15) is 13.2 Å². The van der Waals surface area contributed by atoms with Gasteiger partial charge in [-0.1, -0.05) is 11.6 Å². The van der Waals surface area contributed by atoms with E-state index in [4.69, 9.17) is 16.3 Å². The van der Waals surface area contributed by atoms with Crippen LogP contribution in [0.15, 0.2) is 18.2 Å². The standard InChI is InChI=1S/C14H16ClNO4S/c1-14(4-5-21(18,19)8-14)16-13(17)12-7-9-6-10(15)2-3-11(9)20-12/h2-3,6,12H,4-5,7-8H2,1H3,(H,16,17)/t12-,14-/m1/s1. The van der Waals surface area contributed by atoms with Crippen LogP contribution >= 0.6 is 11.6 Å². The molecule has 2 atom stereocenters. The monoisotopic (exact) mass is 329 g/mol. The van der Waals surface area contributed by atoms with E-state index in [0.717, 1.165) is 5.56 Å². The van der Waals surface area contributed by atoms with Gasteiger partial charge in [0, 0.05) is 11.4 Å². The maximum Gasteiger partial charge on any atom is 0.261 e. The average Bonchev–Trinajstić information content (AvgIpc) is 2.90. The maximum absolute atomic E-state index is 12.3. The Morgan fingerprint density at radius 2 is 2.24 bits per heavy atom. The second kappa shape index (κ2) is 4.88. The molecular formula is C14H16ClNO4S. The number of rotatable bonds is 2. The minimum atomic E-state index is -3.06. The Kier molecular flexibility index (Phi) is 3.41. The maximum atomic E-state index is 12.3. The fourth-order valence-corrected chi connectivity index (χ4v) is 5.14. The predicted octanol–water partition coefficient (Wildman–Crippen LogP) is 1.34. The van der Waals surface area contributed by atoms with Crippen molar-refractivity contribution in [1.29, 1.82) is 0 Å². The van der Waals surface area contributed by atoms with E-state index >= 15 is 0 Å². The molecule has 1 amide bonds. The average molecular weight is 330 g/mol. The summed E-state index contributed by atoms with van der Waals surface area (Å²) >= 11 is 5.92. The minimum absolute atomic E-state index is 0.0166. The van der Waals surface area contributed by atoms with Crippen molar-refractivity contribution in [3.8, 4) is 5.75 Å². The van der Waals surface area contributed by atoms with E-state index in [-0.39, 0.29) is 17.4 Å². The second-order valence-corrected chi connectivity index (χ2v) is 8.58. The Hall–Kier alpha value is -1.27. The lowest BCUT2D eigenvalue weighted by molar-refractivity contribution is -0.128. The first-order valence-corrected chi connectivity index (χ1v) is 8.94. The lowest BCUT2D eigenvalue weighted by atomic mass is 10.0. The molecule has 114 valence electrons. The van der Waals surface area contributed by atoms with Crippen molar-refractivity contribution < 1.29 is 17.9 Å². The highest BCUT2D eigenvalue weighted by molar-refractivity contribution is 7.91. The van der Waals surface area contributed by atoms with Gasteiger partial charge < -0.3 is 10.1 Å². The Bertz CT molecular complexity index is 703. The van der Waals surface area contributed by atoms with Crippen molar-refractivity contribution in [2.75, 3.05) is 11.5 Å². The molecule has 2 aliphatic heterocycles. The summed E-state index contributed by atoms with van der Waals surface area (Å²) in [6.07, 6.45) is 0.260. The quantitative estimate of drug-likeness (QED) is 0.888. The number of hydrogen-bond donors (Lipinski definition) is 1. The van der Waals surface area contributed by atoms with E-state index < -0.39 is 21.5 Å². The van der Waals surface area contributed by atoms with Crippen LogP contribution in [-0.4, -0.2) is 37.5 Å². The zero-order chi connectivity index (χ0) is 15.3. The number of benzene rings is 1. The Labute approximate surface area is 128 Å². The number of halogens is 1. The molecule has 0 bridgehead atoms. The van der Waals surface area contributed by atoms with Gasteiger partial charge in [-0.05, 0) is 37.1 Å². The summed E-state index contributed by atoms with van der Waals surface area (Å²) in [5.74, 6) is 0.480. The number of ether oxygens (including phenoxy) is 1. The van der Waals surface area contributed by atoms with Gasteiger partial charge >= 0.3 is 0 Å². The third-order valence-corrected chi connectivity index (χ3v) is 6.06. The molecule has 2 aliphatic rings. The number of amides is 1. The van der Waals surface area contributed by atoms with Crippen LogP contribution in [0.25, 0.3) is 0 Å². The molecule has 1 aromatic carbocycles. The highest BCUT2D eigenvalue weighted by Crippen LogP contribution is 2.32. The highest BCUT2D eigenvalue weighted by Gasteiger charge is 2.41. The summed E-state index contributed by atoms with van der Waals surface area (Å²) in [5, 5.41) is 3.43. The Balaban J connectivity index is 1.68. The van der Waals surface area contributed by atoms with Gasteiger partial charge in [0.25, 0.3) is 5.91 Å². The molecule has 0 radical (unpaired) electrons. The summed E-state index contributed by atoms with van der Waals surface area (Å²) < 4.78 is 28.7. The van der Waals surface area contributed by atoms with Crippen LogP contribution in [0, 0.1) is 0 Å². The third kappa shape index (κ3) is 3.01. The van der Waals surface area contributed by atoms with Crippen molar-refractivity contribution in [3.63, 3.8) is 0 Å². The summed E-state index contributed by atoms with van der Waals surface area (Å²) in [4.78, 5) is 12.3. The summed E-state index contributed by atoms with van der Waals surface area (Å²) in [6.45, 7) is 1.76. The van der Waals surface area contributed by atoms with E-state index in [1.807, 2.05) is 0 Å². The number of carbonyl (C=O) groups excluding carboxylic acids is 1. The lowest BCUT2D eigenvalue weighted by Crippen LogP contribution is -2.51. The fourth-order valence-electron chi connectivity index (χ4n) is 2.85. The first-order chi connectivity index (χ1) is 9.76. The number of carbonyl (C=O) groups is 1. The normalized spacial score (nSPS) is 29.7. The molecule has 0 aliphatic carbocycles. The molecule has 1 aromatic rings.